The lowest BCUT2D eigenvalue weighted by atomic mass is 10.1. The minimum absolute atomic E-state index is 0.369. The number of carboxylic acid groups (broad SMARTS) is 1. The molecular formula is C14H27N3O2. The molecule has 0 radical (unpaired) electrons. The summed E-state index contributed by atoms with van der Waals surface area (Å²) >= 11 is 0. The zero-order chi connectivity index (χ0) is 13.8. The normalized spacial score (nSPS) is 27.4. The van der Waals surface area contributed by atoms with Crippen molar-refractivity contribution in [3.63, 3.8) is 0 Å². The van der Waals surface area contributed by atoms with Crippen LogP contribution in [0.5, 0.6) is 0 Å². The summed E-state index contributed by atoms with van der Waals surface area (Å²) in [6.45, 7) is 9.68. The predicted molar refractivity (Wildman–Crippen MR) is 75.3 cm³/mol. The minimum Gasteiger partial charge on any atom is -0.480 e. The molecule has 19 heavy (non-hydrogen) atoms. The number of likely N-dealkylation sites (N-methyl/N-ethyl adjacent to an activating group) is 1. The first-order chi connectivity index (χ1) is 9.10. The van der Waals surface area contributed by atoms with Crippen molar-refractivity contribution in [3.05, 3.63) is 0 Å². The van der Waals surface area contributed by atoms with Gasteiger partial charge in [0, 0.05) is 38.3 Å². The summed E-state index contributed by atoms with van der Waals surface area (Å²) in [5, 5.41) is 12.4. The van der Waals surface area contributed by atoms with Gasteiger partial charge in [0.05, 0.1) is 0 Å². The van der Waals surface area contributed by atoms with Crippen LogP contribution < -0.4 is 5.32 Å². The van der Waals surface area contributed by atoms with Crippen LogP contribution in [0.1, 0.15) is 33.1 Å². The van der Waals surface area contributed by atoms with Gasteiger partial charge in [-0.15, -0.1) is 0 Å². The lowest BCUT2D eigenvalue weighted by molar-refractivity contribution is -0.139. The van der Waals surface area contributed by atoms with Crippen molar-refractivity contribution in [1.29, 1.82) is 0 Å². The molecule has 5 nitrogen and oxygen atoms in total. The highest BCUT2D eigenvalue weighted by Gasteiger charge is 2.29. The molecule has 2 atom stereocenters. The Labute approximate surface area is 115 Å². The van der Waals surface area contributed by atoms with Crippen LogP contribution in [-0.2, 0) is 4.79 Å². The smallest absolute Gasteiger partial charge is 0.320 e. The fourth-order valence-corrected chi connectivity index (χ4v) is 2.87. The Morgan fingerprint density at radius 1 is 1.42 bits per heavy atom. The molecule has 0 aromatic carbocycles. The lowest BCUT2D eigenvalue weighted by Crippen LogP contribution is -2.52. The van der Waals surface area contributed by atoms with Gasteiger partial charge in [0.2, 0.25) is 0 Å². The Morgan fingerprint density at radius 2 is 2.16 bits per heavy atom. The van der Waals surface area contributed by atoms with E-state index in [4.69, 9.17) is 0 Å². The Hall–Kier alpha value is -0.650. The third-order valence-corrected chi connectivity index (χ3v) is 4.30. The van der Waals surface area contributed by atoms with E-state index in [0.717, 1.165) is 45.6 Å². The van der Waals surface area contributed by atoms with E-state index in [-0.39, 0.29) is 6.04 Å². The standard InChI is InChI=1S/C14H27N3O2/c1-3-17-9-8-16(10-11(17)2)7-6-13(14(18)19)15-12-4-5-12/h11-13,15H,3-10H2,1-2H3,(H,18,19). The van der Waals surface area contributed by atoms with E-state index in [0.29, 0.717) is 18.5 Å². The Morgan fingerprint density at radius 3 is 2.68 bits per heavy atom. The minimum atomic E-state index is -0.702. The van der Waals surface area contributed by atoms with Gasteiger partial charge in [-0.2, -0.15) is 0 Å². The molecule has 1 aliphatic carbocycles. The van der Waals surface area contributed by atoms with Crippen molar-refractivity contribution in [3.8, 4) is 0 Å². The summed E-state index contributed by atoms with van der Waals surface area (Å²) in [6.07, 6.45) is 2.98. The highest BCUT2D eigenvalue weighted by atomic mass is 16.4. The molecule has 0 amide bonds. The van der Waals surface area contributed by atoms with Crippen LogP contribution in [0.15, 0.2) is 0 Å². The molecule has 2 aliphatic rings. The van der Waals surface area contributed by atoms with Crippen LogP contribution in [0, 0.1) is 0 Å². The van der Waals surface area contributed by atoms with Crippen molar-refractivity contribution in [2.45, 2.75) is 51.2 Å². The van der Waals surface area contributed by atoms with Gasteiger partial charge in [0.1, 0.15) is 6.04 Å². The summed E-state index contributed by atoms with van der Waals surface area (Å²) < 4.78 is 0. The fourth-order valence-electron chi connectivity index (χ4n) is 2.87. The van der Waals surface area contributed by atoms with E-state index in [9.17, 15) is 9.90 Å². The molecule has 1 heterocycles. The van der Waals surface area contributed by atoms with E-state index < -0.39 is 5.97 Å². The lowest BCUT2D eigenvalue weighted by Gasteiger charge is -2.39. The molecule has 110 valence electrons. The number of aliphatic carboxylic acids is 1. The molecule has 0 spiro atoms. The molecule has 2 N–H and O–H groups in total. The molecule has 5 heteroatoms. The molecule has 1 saturated carbocycles. The number of carbonyl (C=O) groups is 1. The molecule has 2 unspecified atom stereocenters. The van der Waals surface area contributed by atoms with Gasteiger partial charge < -0.3 is 15.3 Å². The number of hydrogen-bond acceptors (Lipinski definition) is 4. The van der Waals surface area contributed by atoms with Gasteiger partial charge in [-0.3, -0.25) is 9.69 Å². The van der Waals surface area contributed by atoms with Crippen molar-refractivity contribution in [2.24, 2.45) is 0 Å². The SMILES string of the molecule is CCN1CCN(CCC(NC2CC2)C(=O)O)CC1C. The van der Waals surface area contributed by atoms with Crippen LogP contribution in [0.2, 0.25) is 0 Å². The van der Waals surface area contributed by atoms with Crippen molar-refractivity contribution >= 4 is 5.97 Å². The second kappa shape index (κ2) is 6.68. The van der Waals surface area contributed by atoms with Gasteiger partial charge in [0.25, 0.3) is 0 Å². The summed E-state index contributed by atoms with van der Waals surface area (Å²) in [5.74, 6) is -0.702. The molecular weight excluding hydrogens is 242 g/mol. The monoisotopic (exact) mass is 269 g/mol. The van der Waals surface area contributed by atoms with E-state index in [1.807, 2.05) is 0 Å². The highest BCUT2D eigenvalue weighted by Crippen LogP contribution is 2.20. The zero-order valence-electron chi connectivity index (χ0n) is 12.1. The number of hydrogen-bond donors (Lipinski definition) is 2. The van der Waals surface area contributed by atoms with E-state index in [1.165, 1.54) is 0 Å². The third kappa shape index (κ3) is 4.44. The summed E-state index contributed by atoms with van der Waals surface area (Å²) in [7, 11) is 0. The summed E-state index contributed by atoms with van der Waals surface area (Å²) in [5.41, 5.74) is 0. The molecule has 0 aromatic rings. The first kappa shape index (κ1) is 14.8. The maximum absolute atomic E-state index is 11.2. The van der Waals surface area contributed by atoms with E-state index in [1.54, 1.807) is 0 Å². The maximum Gasteiger partial charge on any atom is 0.320 e. The van der Waals surface area contributed by atoms with E-state index in [2.05, 4.69) is 29.0 Å². The predicted octanol–water partition coefficient (Wildman–Crippen LogP) is 0.608. The average Bonchev–Trinajstić information content (AvgIpc) is 3.18. The number of carboxylic acids is 1. The van der Waals surface area contributed by atoms with Crippen LogP contribution >= 0.6 is 0 Å². The second-order valence-corrected chi connectivity index (χ2v) is 5.90. The fraction of sp³-hybridized carbons (Fsp3) is 0.929. The first-order valence-electron chi connectivity index (χ1n) is 7.55. The molecule has 1 aliphatic heterocycles. The molecule has 0 bridgehead atoms. The van der Waals surface area contributed by atoms with Crippen molar-refractivity contribution in [1.82, 2.24) is 15.1 Å². The van der Waals surface area contributed by atoms with Gasteiger partial charge in [-0.25, -0.2) is 0 Å². The van der Waals surface area contributed by atoms with Gasteiger partial charge in [0.15, 0.2) is 0 Å². The molecule has 2 fully saturated rings. The molecule has 2 rings (SSSR count). The number of piperazine rings is 1. The number of rotatable bonds is 7. The Bertz CT molecular complexity index is 307. The van der Waals surface area contributed by atoms with Crippen molar-refractivity contribution in [2.75, 3.05) is 32.7 Å². The van der Waals surface area contributed by atoms with Crippen LogP contribution in [0.25, 0.3) is 0 Å². The van der Waals surface area contributed by atoms with Crippen LogP contribution in [0.4, 0.5) is 0 Å². The van der Waals surface area contributed by atoms with Gasteiger partial charge in [-0.05, 0) is 32.7 Å². The van der Waals surface area contributed by atoms with Crippen LogP contribution in [0.3, 0.4) is 0 Å². The molecule has 0 aromatic heterocycles. The van der Waals surface area contributed by atoms with Crippen LogP contribution in [-0.4, -0.2) is 71.7 Å². The highest BCUT2D eigenvalue weighted by molar-refractivity contribution is 5.73. The number of nitrogens with one attached hydrogen (secondary N) is 1. The first-order valence-corrected chi connectivity index (χ1v) is 7.55. The molecule has 1 saturated heterocycles. The Kier molecular flexibility index (Phi) is 5.19. The van der Waals surface area contributed by atoms with Crippen molar-refractivity contribution < 1.29 is 9.90 Å². The van der Waals surface area contributed by atoms with Gasteiger partial charge in [-0.1, -0.05) is 6.92 Å². The maximum atomic E-state index is 11.2. The third-order valence-electron chi connectivity index (χ3n) is 4.30. The summed E-state index contributed by atoms with van der Waals surface area (Å²) in [4.78, 5) is 16.1. The summed E-state index contributed by atoms with van der Waals surface area (Å²) in [6, 6.07) is 0.669. The second-order valence-electron chi connectivity index (χ2n) is 5.90. The topological polar surface area (TPSA) is 55.8 Å². The average molecular weight is 269 g/mol. The number of nitrogens with zero attached hydrogens (tertiary/aromatic N) is 2. The Balaban J connectivity index is 1.72. The quantitative estimate of drug-likeness (QED) is 0.709. The zero-order valence-corrected chi connectivity index (χ0v) is 12.1. The largest absolute Gasteiger partial charge is 0.480 e. The van der Waals surface area contributed by atoms with Gasteiger partial charge >= 0.3 is 5.97 Å². The van der Waals surface area contributed by atoms with E-state index >= 15 is 0 Å².